The third-order valence-corrected chi connectivity index (χ3v) is 5.72. The number of rotatable bonds is 10. The lowest BCUT2D eigenvalue weighted by Crippen LogP contribution is -3.00. The molecule has 1 nitrogen and oxygen atoms in total. The zero-order valence-electron chi connectivity index (χ0n) is 17.0. The molecule has 0 unspecified atom stereocenters. The van der Waals surface area contributed by atoms with Crippen molar-refractivity contribution >= 4 is 0 Å². The van der Waals surface area contributed by atoms with E-state index in [0.717, 1.165) is 4.48 Å². The molecule has 0 heterocycles. The Morgan fingerprint density at radius 3 is 1.62 bits per heavy atom. The Bertz CT molecular complexity index is 567. The maximum atomic E-state index is 2.43. The second-order valence-corrected chi connectivity index (χ2v) is 7.81. The largest absolute Gasteiger partial charge is 1.00 e. The van der Waals surface area contributed by atoms with Crippen LogP contribution in [-0.2, 0) is 5.54 Å². The van der Waals surface area contributed by atoms with Crippen LogP contribution in [0, 0.1) is 0 Å². The van der Waals surface area contributed by atoms with Crippen LogP contribution in [0.15, 0.2) is 60.7 Å². The van der Waals surface area contributed by atoms with Crippen molar-refractivity contribution in [2.75, 3.05) is 20.6 Å². The normalized spacial score (nSPS) is 11.8. The van der Waals surface area contributed by atoms with Gasteiger partial charge in [-0.1, -0.05) is 87.4 Å². The average Bonchev–Trinajstić information content (AvgIpc) is 2.64. The van der Waals surface area contributed by atoms with Gasteiger partial charge in [0.2, 0.25) is 0 Å². The fraction of sp³-hybridized carbons (Fsp3) is 0.500. The van der Waals surface area contributed by atoms with Gasteiger partial charge in [-0.25, -0.2) is 0 Å². The molecule has 0 aliphatic heterocycles. The van der Waals surface area contributed by atoms with Gasteiger partial charge in [0.1, 0.15) is 5.54 Å². The molecule has 2 rings (SSSR count). The van der Waals surface area contributed by atoms with Gasteiger partial charge in [0.05, 0.1) is 20.6 Å². The Kier molecular flexibility index (Phi) is 9.60. The molecule has 0 aliphatic rings. The molecule has 0 amide bonds. The Morgan fingerprint density at radius 2 is 1.19 bits per heavy atom. The van der Waals surface area contributed by atoms with Crippen molar-refractivity contribution in [3.8, 4) is 0 Å². The topological polar surface area (TPSA) is 0 Å². The van der Waals surface area contributed by atoms with E-state index in [1.807, 2.05) is 0 Å². The Labute approximate surface area is 171 Å². The van der Waals surface area contributed by atoms with Crippen LogP contribution in [0.2, 0.25) is 0 Å². The molecule has 0 atom stereocenters. The molecule has 144 valence electrons. The number of nitrogens with zero attached hydrogens (tertiary/aromatic N) is 1. The van der Waals surface area contributed by atoms with Crippen LogP contribution >= 0.6 is 0 Å². The second kappa shape index (κ2) is 10.9. The SMILES string of the molecule is CCCCCC[N+](C)(C)C(CCC)(c1ccccc1)c1ccccc1.[Br-]. The van der Waals surface area contributed by atoms with Crippen LogP contribution in [0.1, 0.15) is 63.5 Å². The molecule has 0 radical (unpaired) electrons. The fourth-order valence-corrected chi connectivity index (χ4v) is 4.37. The van der Waals surface area contributed by atoms with E-state index in [-0.39, 0.29) is 22.5 Å². The van der Waals surface area contributed by atoms with E-state index in [1.54, 1.807) is 0 Å². The first-order valence-electron chi connectivity index (χ1n) is 10.0. The van der Waals surface area contributed by atoms with Crippen LogP contribution < -0.4 is 17.0 Å². The van der Waals surface area contributed by atoms with Gasteiger partial charge < -0.3 is 21.5 Å². The predicted molar refractivity (Wildman–Crippen MR) is 110 cm³/mol. The van der Waals surface area contributed by atoms with Crippen molar-refractivity contribution in [2.24, 2.45) is 0 Å². The highest BCUT2D eigenvalue weighted by Crippen LogP contribution is 2.43. The maximum absolute atomic E-state index is 2.43. The van der Waals surface area contributed by atoms with E-state index >= 15 is 0 Å². The molecule has 0 fully saturated rings. The van der Waals surface area contributed by atoms with Crippen molar-refractivity contribution in [1.82, 2.24) is 0 Å². The molecule has 0 spiro atoms. The zero-order chi connectivity index (χ0) is 18.2. The van der Waals surface area contributed by atoms with Crippen molar-refractivity contribution in [2.45, 2.75) is 57.9 Å². The van der Waals surface area contributed by atoms with Crippen LogP contribution in [0.5, 0.6) is 0 Å². The quantitative estimate of drug-likeness (QED) is 0.410. The summed E-state index contributed by atoms with van der Waals surface area (Å²) < 4.78 is 1.01. The Hall–Kier alpha value is -1.12. The predicted octanol–water partition coefficient (Wildman–Crippen LogP) is 3.39. The van der Waals surface area contributed by atoms with E-state index in [2.05, 4.69) is 88.6 Å². The molecule has 2 aromatic carbocycles. The van der Waals surface area contributed by atoms with Gasteiger partial charge in [0.15, 0.2) is 0 Å². The number of quaternary nitrogens is 1. The number of hydrogen-bond donors (Lipinski definition) is 0. The Balaban J connectivity index is 0.00000338. The van der Waals surface area contributed by atoms with Gasteiger partial charge in [-0.2, -0.15) is 0 Å². The van der Waals surface area contributed by atoms with E-state index < -0.39 is 0 Å². The number of halogens is 1. The van der Waals surface area contributed by atoms with Crippen LogP contribution in [0.25, 0.3) is 0 Å². The summed E-state index contributed by atoms with van der Waals surface area (Å²) in [6.07, 6.45) is 7.63. The molecule has 2 aromatic rings. The van der Waals surface area contributed by atoms with E-state index in [9.17, 15) is 0 Å². The molecule has 0 saturated carbocycles. The highest BCUT2D eigenvalue weighted by atomic mass is 79.9. The molecule has 0 N–H and O–H groups in total. The first kappa shape index (κ1) is 22.9. The number of unbranched alkanes of at least 4 members (excludes halogenated alkanes) is 3. The zero-order valence-corrected chi connectivity index (χ0v) is 18.6. The third-order valence-electron chi connectivity index (χ3n) is 5.72. The first-order chi connectivity index (χ1) is 12.1. The van der Waals surface area contributed by atoms with Gasteiger partial charge in [0.25, 0.3) is 0 Å². The van der Waals surface area contributed by atoms with Crippen molar-refractivity contribution in [3.63, 3.8) is 0 Å². The van der Waals surface area contributed by atoms with E-state index in [4.69, 9.17) is 0 Å². The molecular weight excluding hydrogens is 382 g/mol. The summed E-state index contributed by atoms with van der Waals surface area (Å²) in [4.78, 5) is 0. The van der Waals surface area contributed by atoms with Crippen LogP contribution in [-0.4, -0.2) is 25.1 Å². The fourth-order valence-electron chi connectivity index (χ4n) is 4.37. The molecule has 26 heavy (non-hydrogen) atoms. The highest BCUT2D eigenvalue weighted by molar-refractivity contribution is 5.36. The average molecular weight is 418 g/mol. The van der Waals surface area contributed by atoms with Crippen molar-refractivity contribution in [1.29, 1.82) is 0 Å². The summed E-state index contributed by atoms with van der Waals surface area (Å²) in [5.41, 5.74) is 2.91. The molecule has 0 bridgehead atoms. The third kappa shape index (κ3) is 4.98. The van der Waals surface area contributed by atoms with Gasteiger partial charge in [-0.15, -0.1) is 0 Å². The van der Waals surface area contributed by atoms with Gasteiger partial charge in [-0.05, 0) is 19.3 Å². The maximum Gasteiger partial charge on any atom is 0.150 e. The summed E-state index contributed by atoms with van der Waals surface area (Å²) in [5.74, 6) is 0. The first-order valence-corrected chi connectivity index (χ1v) is 10.0. The van der Waals surface area contributed by atoms with Gasteiger partial charge >= 0.3 is 0 Å². The van der Waals surface area contributed by atoms with Crippen LogP contribution in [0.4, 0.5) is 0 Å². The smallest absolute Gasteiger partial charge is 0.150 e. The molecule has 0 saturated heterocycles. The summed E-state index contributed by atoms with van der Waals surface area (Å²) in [7, 11) is 4.86. The van der Waals surface area contributed by atoms with Crippen LogP contribution in [0.3, 0.4) is 0 Å². The molecular formula is C24H36BrN. The minimum Gasteiger partial charge on any atom is -1.00 e. The highest BCUT2D eigenvalue weighted by Gasteiger charge is 2.47. The molecule has 2 heteroatoms. The molecule has 0 aliphatic carbocycles. The van der Waals surface area contributed by atoms with Crippen molar-refractivity contribution < 1.29 is 21.5 Å². The minimum absolute atomic E-state index is 0. The summed E-state index contributed by atoms with van der Waals surface area (Å²) >= 11 is 0. The van der Waals surface area contributed by atoms with E-state index in [1.165, 1.54) is 56.2 Å². The molecule has 0 aromatic heterocycles. The van der Waals surface area contributed by atoms with Crippen molar-refractivity contribution in [3.05, 3.63) is 71.8 Å². The summed E-state index contributed by atoms with van der Waals surface area (Å²) in [6, 6.07) is 22.4. The lowest BCUT2D eigenvalue weighted by molar-refractivity contribution is -0.944. The summed E-state index contributed by atoms with van der Waals surface area (Å²) in [5, 5.41) is 0. The lowest BCUT2D eigenvalue weighted by Gasteiger charge is -2.50. The minimum atomic E-state index is 0. The standard InChI is InChI=1S/C24H36N.BrH/c1-5-7-8-15-21-25(3,4)24(20-6-2,22-16-11-9-12-17-22)23-18-13-10-14-19-23;/h9-14,16-19H,5-8,15,20-21H2,1-4H3;1H/q+1;/p-1. The number of benzene rings is 2. The monoisotopic (exact) mass is 417 g/mol. The Morgan fingerprint density at radius 1 is 0.692 bits per heavy atom. The van der Waals surface area contributed by atoms with E-state index in [0.29, 0.717) is 0 Å². The number of hydrogen-bond acceptors (Lipinski definition) is 0. The van der Waals surface area contributed by atoms with Gasteiger partial charge in [0, 0.05) is 17.5 Å². The van der Waals surface area contributed by atoms with Gasteiger partial charge in [-0.3, -0.25) is 0 Å². The lowest BCUT2D eigenvalue weighted by atomic mass is 9.76. The summed E-state index contributed by atoms with van der Waals surface area (Å²) in [6.45, 7) is 5.82. The second-order valence-electron chi connectivity index (χ2n) is 7.81.